The maximum absolute atomic E-state index is 13.0. The Balaban J connectivity index is 1.29. The Morgan fingerprint density at radius 1 is 1.04 bits per heavy atom. The normalized spacial score (nSPS) is 40.7. The van der Waals surface area contributed by atoms with Crippen molar-refractivity contribution in [3.8, 4) is 0 Å². The number of likely N-dealkylation sites (tertiary alicyclic amines) is 1. The first kappa shape index (κ1) is 16.8. The number of morpholine rings is 1. The number of hydrogen-bond acceptors (Lipinski definition) is 4. The smallest absolute Gasteiger partial charge is 0.225 e. The second-order valence-electron chi connectivity index (χ2n) is 8.55. The second-order valence-corrected chi connectivity index (χ2v) is 8.55. The van der Waals surface area contributed by atoms with Gasteiger partial charge in [-0.1, -0.05) is 6.42 Å². The Kier molecular flexibility index (Phi) is 5.11. The number of fused-ring (bicyclic) bond motifs is 2. The molecule has 136 valence electrons. The fraction of sp³-hybridized carbons (Fsp3) is 0.947. The Labute approximate surface area is 145 Å². The van der Waals surface area contributed by atoms with Gasteiger partial charge in [-0.05, 0) is 49.9 Å². The second kappa shape index (κ2) is 7.30. The summed E-state index contributed by atoms with van der Waals surface area (Å²) in [5, 5.41) is 0. The SMILES string of the molecule is NC1C2CCCC1CC(C(=O)N1CCC(CN3CCOCC3)C1)C2. The van der Waals surface area contributed by atoms with Gasteiger partial charge >= 0.3 is 0 Å². The van der Waals surface area contributed by atoms with Crippen LogP contribution in [0.1, 0.15) is 38.5 Å². The molecular formula is C19H33N3O2. The molecule has 2 heterocycles. The van der Waals surface area contributed by atoms with Crippen molar-refractivity contribution >= 4 is 5.91 Å². The van der Waals surface area contributed by atoms with Crippen LogP contribution < -0.4 is 5.73 Å². The van der Waals surface area contributed by atoms with Crippen molar-refractivity contribution in [2.45, 2.75) is 44.6 Å². The van der Waals surface area contributed by atoms with Crippen LogP contribution in [0.4, 0.5) is 0 Å². The van der Waals surface area contributed by atoms with Crippen molar-refractivity contribution in [1.82, 2.24) is 9.80 Å². The Morgan fingerprint density at radius 2 is 1.75 bits per heavy atom. The summed E-state index contributed by atoms with van der Waals surface area (Å²) in [5.41, 5.74) is 6.39. The van der Waals surface area contributed by atoms with E-state index >= 15 is 0 Å². The summed E-state index contributed by atoms with van der Waals surface area (Å²) in [7, 11) is 0. The first-order chi connectivity index (χ1) is 11.7. The van der Waals surface area contributed by atoms with E-state index in [0.717, 1.165) is 58.8 Å². The van der Waals surface area contributed by atoms with Gasteiger partial charge in [0.15, 0.2) is 0 Å². The number of hydrogen-bond donors (Lipinski definition) is 1. The van der Waals surface area contributed by atoms with Gasteiger partial charge in [-0.3, -0.25) is 9.69 Å². The number of carbonyl (C=O) groups is 1. The molecule has 3 unspecified atom stereocenters. The summed E-state index contributed by atoms with van der Waals surface area (Å²) >= 11 is 0. The zero-order valence-corrected chi connectivity index (χ0v) is 14.9. The highest BCUT2D eigenvalue weighted by atomic mass is 16.5. The molecule has 2 aliphatic carbocycles. The van der Waals surface area contributed by atoms with Crippen LogP contribution in [0.15, 0.2) is 0 Å². The maximum atomic E-state index is 13.0. The Morgan fingerprint density at radius 3 is 2.46 bits per heavy atom. The molecule has 2 bridgehead atoms. The number of nitrogens with two attached hydrogens (primary N) is 1. The van der Waals surface area contributed by atoms with Crippen LogP contribution >= 0.6 is 0 Å². The third-order valence-corrected chi connectivity index (χ3v) is 6.98. The van der Waals surface area contributed by atoms with Gasteiger partial charge in [0, 0.05) is 44.7 Å². The summed E-state index contributed by atoms with van der Waals surface area (Å²) in [6.07, 6.45) is 7.04. The molecule has 4 fully saturated rings. The summed E-state index contributed by atoms with van der Waals surface area (Å²) in [6.45, 7) is 6.89. The largest absolute Gasteiger partial charge is 0.379 e. The molecule has 5 nitrogen and oxygen atoms in total. The summed E-state index contributed by atoms with van der Waals surface area (Å²) in [5.74, 6) is 2.53. The summed E-state index contributed by atoms with van der Waals surface area (Å²) < 4.78 is 5.43. The van der Waals surface area contributed by atoms with E-state index in [-0.39, 0.29) is 5.92 Å². The molecule has 1 amide bonds. The van der Waals surface area contributed by atoms with E-state index in [2.05, 4.69) is 9.80 Å². The first-order valence-corrected chi connectivity index (χ1v) is 10.0. The highest BCUT2D eigenvalue weighted by Gasteiger charge is 2.42. The number of rotatable bonds is 3. The minimum atomic E-state index is 0.252. The monoisotopic (exact) mass is 335 g/mol. The Bertz CT molecular complexity index is 438. The molecule has 0 aromatic heterocycles. The van der Waals surface area contributed by atoms with E-state index in [1.807, 2.05) is 0 Å². The van der Waals surface area contributed by atoms with Crippen LogP contribution in [0.3, 0.4) is 0 Å². The van der Waals surface area contributed by atoms with Gasteiger partial charge in [0.1, 0.15) is 0 Å². The minimum Gasteiger partial charge on any atom is -0.379 e. The van der Waals surface area contributed by atoms with Crippen LogP contribution in [0.5, 0.6) is 0 Å². The first-order valence-electron chi connectivity index (χ1n) is 10.0. The zero-order chi connectivity index (χ0) is 16.5. The van der Waals surface area contributed by atoms with E-state index in [1.54, 1.807) is 0 Å². The lowest BCUT2D eigenvalue weighted by Crippen LogP contribution is -2.49. The van der Waals surface area contributed by atoms with Crippen molar-refractivity contribution in [1.29, 1.82) is 0 Å². The fourth-order valence-corrected chi connectivity index (χ4v) is 5.58. The summed E-state index contributed by atoms with van der Waals surface area (Å²) in [4.78, 5) is 17.7. The summed E-state index contributed by atoms with van der Waals surface area (Å²) in [6, 6.07) is 0.357. The molecule has 3 atom stereocenters. The highest BCUT2D eigenvalue weighted by Crippen LogP contribution is 2.42. The molecule has 0 aromatic carbocycles. The fourth-order valence-electron chi connectivity index (χ4n) is 5.58. The van der Waals surface area contributed by atoms with E-state index in [0.29, 0.717) is 29.7 Å². The molecule has 0 radical (unpaired) electrons. The number of ether oxygens (including phenoxy) is 1. The lowest BCUT2D eigenvalue weighted by molar-refractivity contribution is -0.137. The van der Waals surface area contributed by atoms with Gasteiger partial charge < -0.3 is 15.4 Å². The number of carbonyl (C=O) groups excluding carboxylic acids is 1. The van der Waals surface area contributed by atoms with Gasteiger partial charge in [-0.2, -0.15) is 0 Å². The lowest BCUT2D eigenvalue weighted by atomic mass is 9.65. The van der Waals surface area contributed by atoms with Crippen LogP contribution in [-0.4, -0.2) is 67.7 Å². The van der Waals surface area contributed by atoms with E-state index in [4.69, 9.17) is 10.5 Å². The zero-order valence-electron chi connectivity index (χ0n) is 14.9. The average molecular weight is 335 g/mol. The Hall–Kier alpha value is -0.650. The molecule has 2 saturated carbocycles. The maximum Gasteiger partial charge on any atom is 0.225 e. The quantitative estimate of drug-likeness (QED) is 0.845. The third-order valence-electron chi connectivity index (χ3n) is 6.98. The van der Waals surface area contributed by atoms with Crippen LogP contribution in [0.25, 0.3) is 0 Å². The van der Waals surface area contributed by atoms with Gasteiger partial charge in [-0.25, -0.2) is 0 Å². The minimum absolute atomic E-state index is 0.252. The van der Waals surface area contributed by atoms with E-state index < -0.39 is 0 Å². The molecule has 2 aliphatic heterocycles. The number of amides is 1. The molecule has 4 aliphatic rings. The molecule has 0 spiro atoms. The van der Waals surface area contributed by atoms with Crippen molar-refractivity contribution in [2.24, 2.45) is 29.4 Å². The molecule has 2 saturated heterocycles. The van der Waals surface area contributed by atoms with Crippen molar-refractivity contribution in [3.63, 3.8) is 0 Å². The van der Waals surface area contributed by atoms with Crippen molar-refractivity contribution in [2.75, 3.05) is 45.9 Å². The molecular weight excluding hydrogens is 302 g/mol. The van der Waals surface area contributed by atoms with Crippen LogP contribution in [-0.2, 0) is 9.53 Å². The van der Waals surface area contributed by atoms with Gasteiger partial charge in [0.2, 0.25) is 5.91 Å². The molecule has 24 heavy (non-hydrogen) atoms. The molecule has 2 N–H and O–H groups in total. The van der Waals surface area contributed by atoms with Gasteiger partial charge in [-0.15, -0.1) is 0 Å². The third kappa shape index (κ3) is 3.49. The van der Waals surface area contributed by atoms with Crippen LogP contribution in [0, 0.1) is 23.7 Å². The molecule has 5 heteroatoms. The highest BCUT2D eigenvalue weighted by molar-refractivity contribution is 5.79. The predicted molar refractivity (Wildman–Crippen MR) is 93.5 cm³/mol. The van der Waals surface area contributed by atoms with E-state index in [9.17, 15) is 4.79 Å². The molecule has 0 aromatic rings. The standard InChI is InChI=1S/C19H33N3O2/c20-18-15-2-1-3-16(18)11-17(10-15)19(23)22-5-4-14(13-22)12-21-6-8-24-9-7-21/h14-18H,1-13,20H2. The average Bonchev–Trinajstić information content (AvgIpc) is 3.03. The van der Waals surface area contributed by atoms with Crippen LogP contribution in [0.2, 0.25) is 0 Å². The van der Waals surface area contributed by atoms with Gasteiger partial charge in [0.05, 0.1) is 13.2 Å². The lowest BCUT2D eigenvalue weighted by Gasteiger charge is -2.44. The number of nitrogens with zero attached hydrogens (tertiary/aromatic N) is 2. The van der Waals surface area contributed by atoms with E-state index in [1.165, 1.54) is 25.7 Å². The van der Waals surface area contributed by atoms with Gasteiger partial charge in [0.25, 0.3) is 0 Å². The van der Waals surface area contributed by atoms with Crippen molar-refractivity contribution < 1.29 is 9.53 Å². The topological polar surface area (TPSA) is 58.8 Å². The predicted octanol–water partition coefficient (Wildman–Crippen LogP) is 1.32. The molecule has 4 rings (SSSR count). The van der Waals surface area contributed by atoms with Crippen molar-refractivity contribution in [3.05, 3.63) is 0 Å².